The standard InChI is InChI=1S/C23H24F4N6O2/c1-15-29-14-33(30-15)20-6-5-18(12-21(20)35-2)31-7-9-32(10-8-31)22(34)28-13-16-3-4-17(24)11-19(16)23(25,26)27/h3-6,11-12,14H,7-10,13H2,1-2H3,(H,28,34). The molecule has 1 N–H and O–H groups in total. The Kier molecular flexibility index (Phi) is 6.81. The average molecular weight is 492 g/mol. The number of hydrogen-bond acceptors (Lipinski definition) is 5. The Morgan fingerprint density at radius 3 is 2.49 bits per heavy atom. The third-order valence-corrected chi connectivity index (χ3v) is 5.76. The number of halogens is 4. The molecule has 12 heteroatoms. The van der Waals surface area contributed by atoms with E-state index in [2.05, 4.69) is 20.3 Å². The van der Waals surface area contributed by atoms with Gasteiger partial charge in [0.15, 0.2) is 0 Å². The summed E-state index contributed by atoms with van der Waals surface area (Å²) in [6.45, 7) is 3.27. The van der Waals surface area contributed by atoms with Gasteiger partial charge in [-0.3, -0.25) is 0 Å². The van der Waals surface area contributed by atoms with Crippen molar-refractivity contribution >= 4 is 11.7 Å². The van der Waals surface area contributed by atoms with Crippen LogP contribution in [0.5, 0.6) is 5.75 Å². The first kappa shape index (κ1) is 24.3. The fraction of sp³-hybridized carbons (Fsp3) is 0.348. The van der Waals surface area contributed by atoms with Crippen molar-refractivity contribution in [3.05, 3.63) is 65.5 Å². The summed E-state index contributed by atoms with van der Waals surface area (Å²) < 4.78 is 60.0. The van der Waals surface area contributed by atoms with Gasteiger partial charge in [0.1, 0.15) is 29.4 Å². The molecule has 1 aliphatic rings. The van der Waals surface area contributed by atoms with E-state index in [1.165, 1.54) is 4.90 Å². The van der Waals surface area contributed by atoms with Crippen molar-refractivity contribution in [2.24, 2.45) is 0 Å². The minimum atomic E-state index is -4.71. The third-order valence-electron chi connectivity index (χ3n) is 5.76. The zero-order chi connectivity index (χ0) is 25.2. The Morgan fingerprint density at radius 1 is 1.11 bits per heavy atom. The average Bonchev–Trinajstić information content (AvgIpc) is 3.28. The van der Waals surface area contributed by atoms with E-state index in [1.807, 2.05) is 18.2 Å². The highest BCUT2D eigenvalue weighted by Crippen LogP contribution is 2.33. The van der Waals surface area contributed by atoms with Gasteiger partial charge >= 0.3 is 12.2 Å². The van der Waals surface area contributed by atoms with Gasteiger partial charge in [-0.05, 0) is 36.8 Å². The normalized spacial score (nSPS) is 14.2. The fourth-order valence-electron chi connectivity index (χ4n) is 3.93. The predicted molar refractivity (Wildman–Crippen MR) is 120 cm³/mol. The fourth-order valence-corrected chi connectivity index (χ4v) is 3.93. The van der Waals surface area contributed by atoms with E-state index in [0.29, 0.717) is 43.8 Å². The van der Waals surface area contributed by atoms with Crippen molar-refractivity contribution < 1.29 is 27.1 Å². The van der Waals surface area contributed by atoms with E-state index in [0.717, 1.165) is 23.5 Å². The molecule has 1 aliphatic heterocycles. The summed E-state index contributed by atoms with van der Waals surface area (Å²) in [5, 5.41) is 6.81. The van der Waals surface area contributed by atoms with Crippen LogP contribution in [0.1, 0.15) is 17.0 Å². The summed E-state index contributed by atoms with van der Waals surface area (Å²) in [5.41, 5.74) is 0.360. The SMILES string of the molecule is COc1cc(N2CCN(C(=O)NCc3ccc(F)cc3C(F)(F)F)CC2)ccc1-n1cnc(C)n1. The number of piperazine rings is 1. The van der Waals surface area contributed by atoms with Crippen molar-refractivity contribution in [1.82, 2.24) is 25.0 Å². The number of benzene rings is 2. The van der Waals surface area contributed by atoms with Crippen molar-refractivity contribution in [3.8, 4) is 11.4 Å². The lowest BCUT2D eigenvalue weighted by molar-refractivity contribution is -0.138. The molecule has 2 aromatic carbocycles. The van der Waals surface area contributed by atoms with Gasteiger partial charge in [-0.1, -0.05) is 6.07 Å². The highest BCUT2D eigenvalue weighted by atomic mass is 19.4. The van der Waals surface area contributed by atoms with E-state index in [1.54, 1.807) is 25.0 Å². The molecule has 0 saturated carbocycles. The predicted octanol–water partition coefficient (Wildman–Crippen LogP) is 3.77. The van der Waals surface area contributed by atoms with Crippen LogP contribution in [0, 0.1) is 12.7 Å². The van der Waals surface area contributed by atoms with E-state index in [9.17, 15) is 22.4 Å². The number of urea groups is 1. The van der Waals surface area contributed by atoms with Gasteiger partial charge in [-0.25, -0.2) is 18.9 Å². The maximum atomic E-state index is 13.3. The Morgan fingerprint density at radius 2 is 1.86 bits per heavy atom. The zero-order valence-electron chi connectivity index (χ0n) is 19.1. The number of hydrogen-bond donors (Lipinski definition) is 1. The number of anilines is 1. The second kappa shape index (κ2) is 9.80. The quantitative estimate of drug-likeness (QED) is 0.549. The van der Waals surface area contributed by atoms with E-state index in [4.69, 9.17) is 4.74 Å². The number of carbonyl (C=O) groups excluding carboxylic acids is 1. The number of rotatable bonds is 5. The monoisotopic (exact) mass is 492 g/mol. The molecule has 0 bridgehead atoms. The molecule has 0 aliphatic carbocycles. The Labute approximate surface area is 199 Å². The molecule has 0 radical (unpaired) electrons. The van der Waals surface area contributed by atoms with Gasteiger partial charge in [0, 0.05) is 44.5 Å². The highest BCUT2D eigenvalue weighted by Gasteiger charge is 2.34. The van der Waals surface area contributed by atoms with Crippen molar-refractivity contribution in [2.75, 3.05) is 38.2 Å². The first-order valence-corrected chi connectivity index (χ1v) is 10.9. The maximum absolute atomic E-state index is 13.3. The molecule has 4 rings (SSSR count). The van der Waals surface area contributed by atoms with Crippen LogP contribution in [0.15, 0.2) is 42.7 Å². The number of nitrogens with one attached hydrogen (secondary N) is 1. The number of amides is 2. The number of aromatic nitrogens is 3. The van der Waals surface area contributed by atoms with Crippen LogP contribution < -0.4 is 15.0 Å². The maximum Gasteiger partial charge on any atom is 0.416 e. The van der Waals surface area contributed by atoms with Crippen LogP contribution in [0.2, 0.25) is 0 Å². The first-order valence-electron chi connectivity index (χ1n) is 10.9. The molecule has 2 heterocycles. The number of aryl methyl sites for hydroxylation is 1. The molecule has 8 nitrogen and oxygen atoms in total. The van der Waals surface area contributed by atoms with E-state index in [-0.39, 0.29) is 12.1 Å². The lowest BCUT2D eigenvalue weighted by atomic mass is 10.1. The van der Waals surface area contributed by atoms with Gasteiger partial charge in [0.25, 0.3) is 0 Å². The summed E-state index contributed by atoms with van der Waals surface area (Å²) >= 11 is 0. The lowest BCUT2D eigenvalue weighted by Crippen LogP contribution is -2.51. The number of alkyl halides is 3. The Bertz CT molecular complexity index is 1200. The molecular formula is C23H24F4N6O2. The highest BCUT2D eigenvalue weighted by molar-refractivity contribution is 5.74. The molecular weight excluding hydrogens is 468 g/mol. The van der Waals surface area contributed by atoms with E-state index < -0.39 is 23.6 Å². The van der Waals surface area contributed by atoms with Crippen LogP contribution in [0.3, 0.4) is 0 Å². The molecule has 0 spiro atoms. The second-order valence-electron chi connectivity index (χ2n) is 8.02. The van der Waals surface area contributed by atoms with Crippen molar-refractivity contribution in [2.45, 2.75) is 19.6 Å². The molecule has 0 atom stereocenters. The molecule has 1 aromatic heterocycles. The van der Waals surface area contributed by atoms with Crippen molar-refractivity contribution in [1.29, 1.82) is 0 Å². The number of nitrogens with zero attached hydrogens (tertiary/aromatic N) is 5. The van der Waals surface area contributed by atoms with Crippen LogP contribution in [-0.2, 0) is 12.7 Å². The molecule has 2 amide bonds. The van der Waals surface area contributed by atoms with Gasteiger partial charge in [-0.2, -0.15) is 18.3 Å². The summed E-state index contributed by atoms with van der Waals surface area (Å²) in [5.74, 6) is 0.275. The van der Waals surface area contributed by atoms with Crippen LogP contribution >= 0.6 is 0 Å². The molecule has 1 fully saturated rings. The number of carbonyl (C=O) groups is 1. The van der Waals surface area contributed by atoms with Gasteiger partial charge in [0.2, 0.25) is 0 Å². The first-order chi connectivity index (χ1) is 16.7. The number of methoxy groups -OCH3 is 1. The van der Waals surface area contributed by atoms with Gasteiger partial charge in [0.05, 0.1) is 12.7 Å². The largest absolute Gasteiger partial charge is 0.494 e. The molecule has 1 saturated heterocycles. The zero-order valence-corrected chi connectivity index (χ0v) is 19.1. The molecule has 186 valence electrons. The minimum Gasteiger partial charge on any atom is -0.494 e. The lowest BCUT2D eigenvalue weighted by Gasteiger charge is -2.36. The smallest absolute Gasteiger partial charge is 0.416 e. The Hall–Kier alpha value is -3.83. The summed E-state index contributed by atoms with van der Waals surface area (Å²) in [6.07, 6.45) is -3.11. The van der Waals surface area contributed by atoms with Crippen LogP contribution in [0.25, 0.3) is 5.69 Å². The summed E-state index contributed by atoms with van der Waals surface area (Å²) in [7, 11) is 1.57. The van der Waals surface area contributed by atoms with Crippen LogP contribution in [0.4, 0.5) is 28.0 Å². The van der Waals surface area contributed by atoms with Crippen molar-refractivity contribution in [3.63, 3.8) is 0 Å². The molecule has 3 aromatic rings. The second-order valence-corrected chi connectivity index (χ2v) is 8.02. The van der Waals surface area contributed by atoms with Gasteiger partial charge < -0.3 is 19.9 Å². The van der Waals surface area contributed by atoms with E-state index >= 15 is 0 Å². The topological polar surface area (TPSA) is 75.5 Å². The van der Waals surface area contributed by atoms with Crippen LogP contribution in [-0.4, -0.2) is 59.0 Å². The molecule has 35 heavy (non-hydrogen) atoms. The minimum absolute atomic E-state index is 0.194. The Balaban J connectivity index is 1.36. The third kappa shape index (κ3) is 5.47. The number of ether oxygens (including phenoxy) is 1. The summed E-state index contributed by atoms with van der Waals surface area (Å²) in [4.78, 5) is 20.3. The molecule has 0 unspecified atom stereocenters. The summed E-state index contributed by atoms with van der Waals surface area (Å²) in [6, 6.07) is 7.63. The van der Waals surface area contributed by atoms with Gasteiger partial charge in [-0.15, -0.1) is 0 Å².